The molecule has 0 spiro atoms. The Bertz CT molecular complexity index is 192. The summed E-state index contributed by atoms with van der Waals surface area (Å²) in [5, 5.41) is 0. The fourth-order valence-electron chi connectivity index (χ4n) is 1.81. The third kappa shape index (κ3) is 5.29. The molecule has 2 rings (SSSR count). The second-order valence-electron chi connectivity index (χ2n) is 3.98. The van der Waals surface area contributed by atoms with Crippen LogP contribution in [0, 0.1) is 0 Å². The molecule has 1 saturated carbocycles. The lowest BCUT2D eigenvalue weighted by Crippen LogP contribution is -1.98. The fraction of sp³-hybridized carbons (Fsp3) is 1.00. The summed E-state index contributed by atoms with van der Waals surface area (Å²) < 4.78 is 20.9. The van der Waals surface area contributed by atoms with Gasteiger partial charge in [0.25, 0.3) is 0 Å². The molecule has 0 aromatic carbocycles. The zero-order valence-corrected chi connectivity index (χ0v) is 9.11. The maximum absolute atomic E-state index is 10.4. The summed E-state index contributed by atoms with van der Waals surface area (Å²) in [6.45, 7) is 0. The van der Waals surface area contributed by atoms with E-state index in [9.17, 15) is 8.42 Å². The van der Waals surface area contributed by atoms with Crippen LogP contribution in [0.2, 0.25) is 0 Å². The average Bonchev–Trinajstić information content (AvgIpc) is 2.54. The van der Waals surface area contributed by atoms with Gasteiger partial charge in [-0.05, 0) is 12.8 Å². The summed E-state index contributed by atoms with van der Waals surface area (Å²) in [4.78, 5) is 0. The fourth-order valence-corrected chi connectivity index (χ4v) is 3.30. The minimum Gasteiger partial charge on any atom is -0.229 e. The summed E-state index contributed by atoms with van der Waals surface area (Å²) >= 11 is 0. The van der Waals surface area contributed by atoms with Gasteiger partial charge < -0.3 is 0 Å². The Kier molecular flexibility index (Phi) is 4.78. The largest absolute Gasteiger partial charge is 0.229 e. The predicted octanol–water partition coefficient (Wildman–Crippen LogP) is 2.54. The lowest BCUT2D eigenvalue weighted by molar-refractivity contribution is 0.504. The van der Waals surface area contributed by atoms with Crippen molar-refractivity contribution >= 4 is 9.84 Å². The van der Waals surface area contributed by atoms with Gasteiger partial charge >= 0.3 is 0 Å². The molecule has 1 saturated heterocycles. The maximum Gasteiger partial charge on any atom is 0.150 e. The predicted molar refractivity (Wildman–Crippen MR) is 55.6 cm³/mol. The molecule has 2 fully saturated rings. The highest BCUT2D eigenvalue weighted by Crippen LogP contribution is 2.15. The molecule has 2 nitrogen and oxygen atoms in total. The van der Waals surface area contributed by atoms with Gasteiger partial charge in [0.15, 0.2) is 0 Å². The van der Waals surface area contributed by atoms with E-state index in [2.05, 4.69) is 0 Å². The maximum atomic E-state index is 10.4. The van der Waals surface area contributed by atoms with E-state index in [4.69, 9.17) is 0 Å². The molecular formula is C10H20O2S. The van der Waals surface area contributed by atoms with E-state index in [0.717, 1.165) is 12.8 Å². The zero-order chi connectivity index (χ0) is 9.57. The lowest BCUT2D eigenvalue weighted by Gasteiger charge is -2.05. The SMILES string of the molecule is C1CCCCC1.O=S1(=O)CCCC1. The van der Waals surface area contributed by atoms with E-state index < -0.39 is 9.84 Å². The van der Waals surface area contributed by atoms with Crippen LogP contribution in [0.5, 0.6) is 0 Å². The summed E-state index contributed by atoms with van der Waals surface area (Å²) in [7, 11) is -2.55. The van der Waals surface area contributed by atoms with Crippen LogP contribution in [0.25, 0.3) is 0 Å². The minimum absolute atomic E-state index is 0.424. The molecule has 3 heteroatoms. The number of rotatable bonds is 0. The van der Waals surface area contributed by atoms with Crippen LogP contribution in [0.3, 0.4) is 0 Å². The van der Waals surface area contributed by atoms with E-state index in [1.165, 1.54) is 38.5 Å². The van der Waals surface area contributed by atoms with E-state index in [1.54, 1.807) is 0 Å². The van der Waals surface area contributed by atoms with Crippen LogP contribution in [-0.4, -0.2) is 19.9 Å². The molecule has 1 heterocycles. The third-order valence-corrected chi connectivity index (χ3v) is 4.48. The van der Waals surface area contributed by atoms with Gasteiger partial charge in [-0.15, -0.1) is 0 Å². The first-order valence-corrected chi connectivity index (χ1v) is 7.23. The van der Waals surface area contributed by atoms with Crippen molar-refractivity contribution in [2.75, 3.05) is 11.5 Å². The molecule has 0 unspecified atom stereocenters. The van der Waals surface area contributed by atoms with Crippen LogP contribution < -0.4 is 0 Å². The van der Waals surface area contributed by atoms with Gasteiger partial charge in [0.05, 0.1) is 11.5 Å². The first kappa shape index (κ1) is 11.0. The molecule has 0 bridgehead atoms. The molecule has 0 N–H and O–H groups in total. The van der Waals surface area contributed by atoms with E-state index in [1.807, 2.05) is 0 Å². The highest BCUT2D eigenvalue weighted by molar-refractivity contribution is 7.91. The zero-order valence-electron chi connectivity index (χ0n) is 8.30. The smallest absolute Gasteiger partial charge is 0.150 e. The molecule has 78 valence electrons. The highest BCUT2D eigenvalue weighted by atomic mass is 32.2. The van der Waals surface area contributed by atoms with Crippen molar-refractivity contribution in [1.82, 2.24) is 0 Å². The highest BCUT2D eigenvalue weighted by Gasteiger charge is 2.16. The normalized spacial score (nSPS) is 26.2. The Labute approximate surface area is 81.6 Å². The molecule has 0 radical (unpaired) electrons. The van der Waals surface area contributed by atoms with Gasteiger partial charge in [-0.2, -0.15) is 0 Å². The average molecular weight is 204 g/mol. The summed E-state index contributed by atoms with van der Waals surface area (Å²) in [6.07, 6.45) is 10.8. The summed E-state index contributed by atoms with van der Waals surface area (Å²) in [5.74, 6) is 0.847. The number of sulfone groups is 1. The molecular weight excluding hydrogens is 184 g/mol. The topological polar surface area (TPSA) is 34.1 Å². The van der Waals surface area contributed by atoms with E-state index >= 15 is 0 Å². The molecule has 0 aromatic heterocycles. The Balaban J connectivity index is 0.000000132. The molecule has 13 heavy (non-hydrogen) atoms. The van der Waals surface area contributed by atoms with Gasteiger partial charge in [-0.1, -0.05) is 38.5 Å². The van der Waals surface area contributed by atoms with Crippen molar-refractivity contribution in [3.63, 3.8) is 0 Å². The standard InChI is InChI=1S/C6H12.C4H8O2S/c1-2-4-6-5-3-1;5-7(6)3-1-2-4-7/h1-6H2;1-4H2. The van der Waals surface area contributed by atoms with Crippen molar-refractivity contribution in [1.29, 1.82) is 0 Å². The van der Waals surface area contributed by atoms with E-state index in [0.29, 0.717) is 11.5 Å². The van der Waals surface area contributed by atoms with Crippen LogP contribution in [0.15, 0.2) is 0 Å². The quantitative estimate of drug-likeness (QED) is 0.607. The van der Waals surface area contributed by atoms with Crippen molar-refractivity contribution in [2.24, 2.45) is 0 Å². The number of hydrogen-bond acceptors (Lipinski definition) is 2. The molecule has 1 aliphatic carbocycles. The molecule has 0 atom stereocenters. The number of hydrogen-bond donors (Lipinski definition) is 0. The van der Waals surface area contributed by atoms with Crippen LogP contribution in [0.4, 0.5) is 0 Å². The summed E-state index contributed by atoms with van der Waals surface area (Å²) in [5.41, 5.74) is 0. The Morgan fingerprint density at radius 2 is 0.846 bits per heavy atom. The Morgan fingerprint density at radius 3 is 1.00 bits per heavy atom. The van der Waals surface area contributed by atoms with E-state index in [-0.39, 0.29) is 0 Å². The van der Waals surface area contributed by atoms with Crippen molar-refractivity contribution in [3.8, 4) is 0 Å². The van der Waals surface area contributed by atoms with Crippen LogP contribution in [-0.2, 0) is 9.84 Å². The van der Waals surface area contributed by atoms with Gasteiger partial charge in [0.2, 0.25) is 0 Å². The van der Waals surface area contributed by atoms with Crippen LogP contribution >= 0.6 is 0 Å². The second kappa shape index (κ2) is 5.63. The Hall–Kier alpha value is -0.0500. The second-order valence-corrected chi connectivity index (χ2v) is 6.28. The first-order chi connectivity index (χ1) is 6.21. The van der Waals surface area contributed by atoms with Gasteiger partial charge in [0, 0.05) is 0 Å². The van der Waals surface area contributed by atoms with Crippen molar-refractivity contribution in [3.05, 3.63) is 0 Å². The Morgan fingerprint density at radius 1 is 0.538 bits per heavy atom. The monoisotopic (exact) mass is 204 g/mol. The first-order valence-electron chi connectivity index (χ1n) is 5.41. The van der Waals surface area contributed by atoms with Gasteiger partial charge in [0.1, 0.15) is 9.84 Å². The van der Waals surface area contributed by atoms with Gasteiger partial charge in [-0.3, -0.25) is 0 Å². The van der Waals surface area contributed by atoms with Crippen molar-refractivity contribution in [2.45, 2.75) is 51.4 Å². The molecule has 2 aliphatic rings. The van der Waals surface area contributed by atoms with Crippen molar-refractivity contribution < 1.29 is 8.42 Å². The third-order valence-electron chi connectivity index (χ3n) is 2.66. The van der Waals surface area contributed by atoms with Crippen LogP contribution in [0.1, 0.15) is 51.4 Å². The molecule has 0 amide bonds. The molecule has 1 aliphatic heterocycles. The lowest BCUT2D eigenvalue weighted by atomic mass is 10.0. The molecule has 0 aromatic rings. The minimum atomic E-state index is -2.55. The van der Waals surface area contributed by atoms with Gasteiger partial charge in [-0.25, -0.2) is 8.42 Å². The summed E-state index contributed by atoms with van der Waals surface area (Å²) in [6, 6.07) is 0.